The molecule has 0 unspecified atom stereocenters. The number of benzene rings is 2. The second-order valence-electron chi connectivity index (χ2n) is 7.14. The minimum atomic E-state index is -3.64. The maximum atomic E-state index is 12.6. The topological polar surface area (TPSA) is 116 Å². The van der Waals surface area contributed by atoms with Gasteiger partial charge in [0.25, 0.3) is 0 Å². The lowest BCUT2D eigenvalue weighted by atomic mass is 10.3. The number of hydrogen-bond acceptors (Lipinski definition) is 7. The fourth-order valence-electron chi connectivity index (χ4n) is 3.12. The average molecular weight is 492 g/mol. The molecule has 2 aromatic carbocycles. The van der Waals surface area contributed by atoms with Crippen molar-refractivity contribution in [2.45, 2.75) is 24.8 Å². The molecule has 0 bridgehead atoms. The quantitative estimate of drug-likeness (QED) is 0.492. The van der Waals surface area contributed by atoms with Crippen LogP contribution in [0.15, 0.2) is 52.4 Å². The molecule has 1 heterocycles. The van der Waals surface area contributed by atoms with E-state index in [0.717, 1.165) is 10.2 Å². The number of nitrogens with zero attached hydrogens (tertiary/aromatic N) is 2. The highest BCUT2D eigenvalue weighted by atomic mass is 32.2. The molecule has 0 aliphatic rings. The number of aromatic nitrogens is 1. The van der Waals surface area contributed by atoms with Gasteiger partial charge < -0.3 is 19.4 Å². The maximum absolute atomic E-state index is 12.6. The Hall–Kier alpha value is -3.02. The number of thiazole rings is 1. The van der Waals surface area contributed by atoms with Crippen LogP contribution in [-0.2, 0) is 30.7 Å². The third kappa shape index (κ3) is 6.28. The van der Waals surface area contributed by atoms with E-state index in [0.29, 0.717) is 29.4 Å². The lowest BCUT2D eigenvalue weighted by Crippen LogP contribution is -2.20. The summed E-state index contributed by atoms with van der Waals surface area (Å²) in [6.45, 7) is 2.30. The zero-order chi connectivity index (χ0) is 24.0. The van der Waals surface area contributed by atoms with E-state index in [1.54, 1.807) is 25.3 Å². The second kappa shape index (κ2) is 10.7. The van der Waals surface area contributed by atoms with E-state index in [-0.39, 0.29) is 23.0 Å². The van der Waals surface area contributed by atoms with E-state index in [1.165, 1.54) is 37.5 Å². The molecule has 0 fully saturated rings. The molecule has 0 spiro atoms. The van der Waals surface area contributed by atoms with Crippen LogP contribution in [0.25, 0.3) is 10.2 Å². The summed E-state index contributed by atoms with van der Waals surface area (Å²) in [6.07, 6.45) is -0.246. The first-order valence-electron chi connectivity index (χ1n) is 10.1. The molecule has 1 aromatic heterocycles. The van der Waals surface area contributed by atoms with Crippen LogP contribution in [-0.4, -0.2) is 51.4 Å². The number of sulfone groups is 1. The van der Waals surface area contributed by atoms with Gasteiger partial charge in [0, 0.05) is 32.7 Å². The van der Waals surface area contributed by atoms with Gasteiger partial charge in [-0.25, -0.2) is 8.42 Å². The molecule has 11 heteroatoms. The van der Waals surface area contributed by atoms with Gasteiger partial charge in [-0.3, -0.25) is 9.59 Å². The van der Waals surface area contributed by atoms with E-state index in [9.17, 15) is 18.0 Å². The Morgan fingerprint density at radius 3 is 2.48 bits per heavy atom. The smallest absolute Gasteiger partial charge is 0.249 e. The molecular formula is C22H25N3O6S2. The van der Waals surface area contributed by atoms with Crippen LogP contribution < -0.4 is 14.9 Å². The Balaban J connectivity index is 1.85. The van der Waals surface area contributed by atoms with Crippen LogP contribution in [0.3, 0.4) is 0 Å². The van der Waals surface area contributed by atoms with E-state index >= 15 is 0 Å². The van der Waals surface area contributed by atoms with Gasteiger partial charge in [-0.05, 0) is 42.5 Å². The van der Waals surface area contributed by atoms with Crippen molar-refractivity contribution in [3.63, 3.8) is 0 Å². The number of ether oxygens (including phenoxy) is 2. The fraction of sp³-hybridized carbons (Fsp3) is 0.318. The minimum absolute atomic E-state index is 0.124. The highest BCUT2D eigenvalue weighted by Gasteiger charge is 2.17. The lowest BCUT2D eigenvalue weighted by molar-refractivity contribution is -0.117. The van der Waals surface area contributed by atoms with Crippen molar-refractivity contribution in [1.82, 2.24) is 4.57 Å². The van der Waals surface area contributed by atoms with E-state index in [1.807, 2.05) is 16.7 Å². The number of amides is 2. The average Bonchev–Trinajstić information content (AvgIpc) is 3.11. The summed E-state index contributed by atoms with van der Waals surface area (Å²) in [5, 5.41) is 2.73. The fourth-order valence-corrected chi connectivity index (χ4v) is 5.47. The molecule has 33 heavy (non-hydrogen) atoms. The molecular weight excluding hydrogens is 466 g/mol. The molecule has 176 valence electrons. The summed E-state index contributed by atoms with van der Waals surface area (Å²) in [5.74, 6) is -0.521. The van der Waals surface area contributed by atoms with Gasteiger partial charge in [0.15, 0.2) is 14.6 Å². The maximum Gasteiger partial charge on any atom is 0.249 e. The van der Waals surface area contributed by atoms with Crippen LogP contribution in [0.2, 0.25) is 0 Å². The number of nitrogens with one attached hydrogen (secondary N) is 1. The molecule has 0 saturated carbocycles. The zero-order valence-electron chi connectivity index (χ0n) is 18.5. The van der Waals surface area contributed by atoms with Crippen molar-refractivity contribution in [1.29, 1.82) is 0 Å². The Bertz CT molecular complexity index is 1320. The predicted octanol–water partition coefficient (Wildman–Crippen LogP) is 2.61. The zero-order valence-corrected chi connectivity index (χ0v) is 20.2. The molecule has 9 nitrogen and oxygen atoms in total. The van der Waals surface area contributed by atoms with Crippen molar-refractivity contribution in [2.75, 3.05) is 31.9 Å². The van der Waals surface area contributed by atoms with Crippen LogP contribution in [0.4, 0.5) is 5.69 Å². The van der Waals surface area contributed by atoms with Gasteiger partial charge in [-0.15, -0.1) is 0 Å². The predicted molar refractivity (Wildman–Crippen MR) is 126 cm³/mol. The summed E-state index contributed by atoms with van der Waals surface area (Å²) in [6, 6.07) is 11.4. The van der Waals surface area contributed by atoms with Gasteiger partial charge in [0.05, 0.1) is 34.6 Å². The highest BCUT2D eigenvalue weighted by molar-refractivity contribution is 7.91. The normalized spacial score (nSPS) is 12.2. The van der Waals surface area contributed by atoms with Gasteiger partial charge in [-0.2, -0.15) is 4.99 Å². The van der Waals surface area contributed by atoms with Gasteiger partial charge >= 0.3 is 0 Å². The Morgan fingerprint density at radius 2 is 1.85 bits per heavy atom. The van der Waals surface area contributed by atoms with Crippen molar-refractivity contribution in [3.05, 3.63) is 47.3 Å². The van der Waals surface area contributed by atoms with E-state index < -0.39 is 15.7 Å². The first kappa shape index (κ1) is 24.6. The highest BCUT2D eigenvalue weighted by Crippen LogP contribution is 2.22. The van der Waals surface area contributed by atoms with Crippen LogP contribution >= 0.6 is 11.3 Å². The number of anilines is 1. The van der Waals surface area contributed by atoms with Crippen molar-refractivity contribution in [2.24, 2.45) is 4.99 Å². The number of methoxy groups -OCH3 is 2. The molecule has 0 atom stereocenters. The lowest BCUT2D eigenvalue weighted by Gasteiger charge is -2.06. The molecule has 0 aliphatic heterocycles. The van der Waals surface area contributed by atoms with E-state index in [2.05, 4.69) is 10.3 Å². The Morgan fingerprint density at radius 1 is 1.12 bits per heavy atom. The minimum Gasteiger partial charge on any atom is -0.497 e. The van der Waals surface area contributed by atoms with Crippen molar-refractivity contribution < 1.29 is 27.5 Å². The number of hydrogen-bond donors (Lipinski definition) is 1. The standard InChI is InChI=1S/C22H25N3O6S2/c1-15(26)23-16-4-9-19-20(14-16)32-22(25(19)11-12-30-2)24-21(27)10-13-33(28,29)18-7-5-17(31-3)6-8-18/h4-9,14H,10-13H2,1-3H3,(H,23,26). The third-order valence-electron chi connectivity index (χ3n) is 4.75. The van der Waals surface area contributed by atoms with Crippen molar-refractivity contribution >= 4 is 48.9 Å². The molecule has 0 aliphatic carbocycles. The summed E-state index contributed by atoms with van der Waals surface area (Å²) in [7, 11) is -0.562. The first-order valence-corrected chi connectivity index (χ1v) is 12.5. The summed E-state index contributed by atoms with van der Waals surface area (Å²) < 4.78 is 38.0. The van der Waals surface area contributed by atoms with Crippen molar-refractivity contribution in [3.8, 4) is 5.75 Å². The second-order valence-corrected chi connectivity index (χ2v) is 10.3. The SMILES string of the molecule is COCCn1c(=NC(=O)CCS(=O)(=O)c2ccc(OC)cc2)sc2cc(NC(C)=O)ccc21. The molecule has 1 N–H and O–H groups in total. The summed E-state index contributed by atoms with van der Waals surface area (Å²) in [5.41, 5.74) is 1.47. The van der Waals surface area contributed by atoms with Gasteiger partial charge in [0.1, 0.15) is 5.75 Å². The Labute approximate surface area is 195 Å². The third-order valence-corrected chi connectivity index (χ3v) is 7.52. The van der Waals surface area contributed by atoms with E-state index in [4.69, 9.17) is 9.47 Å². The summed E-state index contributed by atoms with van der Waals surface area (Å²) in [4.78, 5) is 28.6. The monoisotopic (exact) mass is 491 g/mol. The largest absolute Gasteiger partial charge is 0.497 e. The number of carbonyl (C=O) groups is 2. The van der Waals surface area contributed by atoms with Gasteiger partial charge in [0.2, 0.25) is 11.8 Å². The number of fused-ring (bicyclic) bond motifs is 1. The summed E-state index contributed by atoms with van der Waals surface area (Å²) >= 11 is 1.28. The first-order chi connectivity index (χ1) is 15.7. The van der Waals surface area contributed by atoms with Gasteiger partial charge in [-0.1, -0.05) is 11.3 Å². The van der Waals surface area contributed by atoms with Crippen LogP contribution in [0.1, 0.15) is 13.3 Å². The number of carbonyl (C=O) groups excluding carboxylic acids is 2. The molecule has 3 aromatic rings. The Kier molecular flexibility index (Phi) is 8.01. The molecule has 2 amide bonds. The number of rotatable bonds is 9. The van der Waals surface area contributed by atoms with Crippen LogP contribution in [0.5, 0.6) is 5.75 Å². The molecule has 3 rings (SSSR count). The molecule has 0 saturated heterocycles. The molecule has 0 radical (unpaired) electrons. The van der Waals surface area contributed by atoms with Crippen LogP contribution in [0, 0.1) is 0 Å².